The summed E-state index contributed by atoms with van der Waals surface area (Å²) in [5, 5.41) is 15.6. The van der Waals surface area contributed by atoms with Crippen LogP contribution in [-0.4, -0.2) is 44.8 Å². The van der Waals surface area contributed by atoms with Crippen molar-refractivity contribution in [1.29, 1.82) is 0 Å². The number of carbonyl (C=O) groups is 2. The molecule has 0 radical (unpaired) electrons. The highest BCUT2D eigenvalue weighted by atomic mass is 32.2. The molecule has 0 aliphatic rings. The van der Waals surface area contributed by atoms with Gasteiger partial charge in [0.05, 0.1) is 5.69 Å². The minimum Gasteiger partial charge on any atom is -0.480 e. The number of halogens is 1. The molecular weight excluding hydrogens is 361 g/mol. The molecule has 2 aromatic rings. The van der Waals surface area contributed by atoms with Gasteiger partial charge in [-0.2, -0.15) is 16.9 Å². The van der Waals surface area contributed by atoms with Crippen molar-refractivity contribution in [2.45, 2.75) is 19.0 Å². The van der Waals surface area contributed by atoms with Crippen molar-refractivity contribution in [1.82, 2.24) is 15.1 Å². The molecule has 0 fully saturated rings. The highest BCUT2D eigenvalue weighted by Gasteiger charge is 2.20. The summed E-state index contributed by atoms with van der Waals surface area (Å²) in [7, 11) is 0. The fourth-order valence-electron chi connectivity index (χ4n) is 2.21. The molecule has 0 unspecified atom stereocenters. The first-order valence-electron chi connectivity index (χ1n) is 7.76. The smallest absolute Gasteiger partial charge is 0.326 e. The molecule has 1 aromatic heterocycles. The zero-order valence-corrected chi connectivity index (χ0v) is 14.8. The molecule has 0 aliphatic carbocycles. The largest absolute Gasteiger partial charge is 0.480 e. The molecule has 0 saturated heterocycles. The summed E-state index contributed by atoms with van der Waals surface area (Å²) in [6.45, 7) is -0.406. The Morgan fingerprint density at radius 2 is 1.96 bits per heavy atom. The zero-order chi connectivity index (χ0) is 19.1. The number of carbonyl (C=O) groups excluding carboxylic acids is 1. The second-order valence-electron chi connectivity index (χ2n) is 5.46. The first-order chi connectivity index (χ1) is 12.4. The van der Waals surface area contributed by atoms with Gasteiger partial charge in [-0.1, -0.05) is 0 Å². The van der Waals surface area contributed by atoms with Crippen LogP contribution in [0.4, 0.5) is 4.39 Å². The number of benzene rings is 1. The number of nitrogens with zero attached hydrogens (tertiary/aromatic N) is 2. The number of hydrogen-bond acceptors (Lipinski definition) is 5. The standard InChI is InChI=1S/C17H18FN3O4S/c1-26-9-8-14(17(24)25)19-15(22)10-21-16(23)7-6-13(20-21)11-2-4-12(18)5-3-11/h2-7,14H,8-10H2,1H3,(H,19,22)(H,24,25)/t14-/m1/s1. The molecule has 0 spiro atoms. The number of carboxylic acids is 1. The first-order valence-corrected chi connectivity index (χ1v) is 9.15. The lowest BCUT2D eigenvalue weighted by atomic mass is 10.1. The summed E-state index contributed by atoms with van der Waals surface area (Å²) in [5.41, 5.74) is 0.487. The van der Waals surface area contributed by atoms with Gasteiger partial charge in [0.25, 0.3) is 5.56 Å². The molecule has 2 N–H and O–H groups in total. The summed E-state index contributed by atoms with van der Waals surface area (Å²) >= 11 is 1.47. The maximum atomic E-state index is 13.0. The van der Waals surface area contributed by atoms with Crippen molar-refractivity contribution in [3.8, 4) is 11.3 Å². The third kappa shape index (κ3) is 5.41. The van der Waals surface area contributed by atoms with Crippen LogP contribution in [0.2, 0.25) is 0 Å². The Balaban J connectivity index is 2.14. The lowest BCUT2D eigenvalue weighted by Gasteiger charge is -2.14. The van der Waals surface area contributed by atoms with Crippen LogP contribution in [0.25, 0.3) is 11.3 Å². The van der Waals surface area contributed by atoms with Crippen molar-refractivity contribution in [3.63, 3.8) is 0 Å². The van der Waals surface area contributed by atoms with Gasteiger partial charge in [-0.25, -0.2) is 13.9 Å². The lowest BCUT2D eigenvalue weighted by molar-refractivity contribution is -0.142. The van der Waals surface area contributed by atoms with Crippen molar-refractivity contribution in [2.24, 2.45) is 0 Å². The Morgan fingerprint density at radius 1 is 1.27 bits per heavy atom. The van der Waals surface area contributed by atoms with Gasteiger partial charge in [0, 0.05) is 11.6 Å². The number of hydrogen-bond donors (Lipinski definition) is 2. The number of rotatable bonds is 8. The van der Waals surface area contributed by atoms with E-state index in [9.17, 15) is 18.8 Å². The third-order valence-electron chi connectivity index (χ3n) is 3.54. The van der Waals surface area contributed by atoms with Crippen molar-refractivity contribution in [2.75, 3.05) is 12.0 Å². The minimum atomic E-state index is -1.13. The van der Waals surface area contributed by atoms with Gasteiger partial charge in [0.1, 0.15) is 18.4 Å². The fraction of sp³-hybridized carbons (Fsp3) is 0.294. The van der Waals surface area contributed by atoms with E-state index < -0.39 is 35.8 Å². The van der Waals surface area contributed by atoms with Crippen molar-refractivity contribution < 1.29 is 19.1 Å². The minimum absolute atomic E-state index is 0.278. The number of aliphatic carboxylic acids is 1. The second kappa shape index (κ2) is 9.14. The predicted octanol–water partition coefficient (Wildman–Crippen LogP) is 1.37. The molecule has 138 valence electrons. The Bertz CT molecular complexity index is 839. The van der Waals surface area contributed by atoms with E-state index in [4.69, 9.17) is 5.11 Å². The van der Waals surface area contributed by atoms with Crippen LogP contribution in [0.15, 0.2) is 41.2 Å². The molecule has 1 amide bonds. The van der Waals surface area contributed by atoms with Gasteiger partial charge in [0.15, 0.2) is 0 Å². The van der Waals surface area contributed by atoms with Gasteiger partial charge in [-0.3, -0.25) is 9.59 Å². The van der Waals surface area contributed by atoms with Crippen molar-refractivity contribution >= 4 is 23.6 Å². The average molecular weight is 379 g/mol. The van der Waals surface area contributed by atoms with E-state index >= 15 is 0 Å². The van der Waals surface area contributed by atoms with E-state index in [0.29, 0.717) is 17.0 Å². The fourth-order valence-corrected chi connectivity index (χ4v) is 2.68. The number of nitrogens with one attached hydrogen (secondary N) is 1. The van der Waals surface area contributed by atoms with Gasteiger partial charge in [-0.05, 0) is 48.8 Å². The molecule has 1 aromatic carbocycles. The van der Waals surface area contributed by atoms with E-state index in [1.807, 2.05) is 6.26 Å². The van der Waals surface area contributed by atoms with Crippen molar-refractivity contribution in [3.05, 3.63) is 52.6 Å². The highest BCUT2D eigenvalue weighted by molar-refractivity contribution is 7.98. The summed E-state index contributed by atoms with van der Waals surface area (Å²) < 4.78 is 14.0. The van der Waals surface area contributed by atoms with Crippen LogP contribution in [0, 0.1) is 5.82 Å². The van der Waals surface area contributed by atoms with Crippen LogP contribution >= 0.6 is 11.8 Å². The summed E-state index contributed by atoms with van der Waals surface area (Å²) in [4.78, 5) is 35.2. The van der Waals surface area contributed by atoms with Gasteiger partial charge in [-0.15, -0.1) is 0 Å². The Kier molecular flexibility index (Phi) is 6.90. The number of amides is 1. The maximum absolute atomic E-state index is 13.0. The first kappa shape index (κ1) is 19.6. The molecule has 1 heterocycles. The van der Waals surface area contributed by atoms with E-state index in [2.05, 4.69) is 10.4 Å². The molecule has 0 saturated carbocycles. The molecule has 0 aliphatic heterocycles. The second-order valence-corrected chi connectivity index (χ2v) is 6.45. The van der Waals surface area contributed by atoms with Crippen LogP contribution < -0.4 is 10.9 Å². The lowest BCUT2D eigenvalue weighted by Crippen LogP contribution is -2.44. The SMILES string of the molecule is CSCC[C@@H](NC(=O)Cn1nc(-c2ccc(F)cc2)ccc1=O)C(=O)O. The maximum Gasteiger partial charge on any atom is 0.326 e. The zero-order valence-electron chi connectivity index (χ0n) is 14.0. The van der Waals surface area contributed by atoms with E-state index in [-0.39, 0.29) is 6.42 Å². The molecule has 1 atom stereocenters. The Labute approximate surface area is 153 Å². The number of thioether (sulfide) groups is 1. The number of carboxylic acid groups (broad SMARTS) is 1. The van der Waals surface area contributed by atoms with Gasteiger partial charge < -0.3 is 10.4 Å². The van der Waals surface area contributed by atoms with Gasteiger partial charge in [0.2, 0.25) is 5.91 Å². The topological polar surface area (TPSA) is 101 Å². The van der Waals surface area contributed by atoms with E-state index in [1.165, 1.54) is 48.2 Å². The normalized spacial score (nSPS) is 11.8. The molecule has 9 heteroatoms. The molecule has 26 heavy (non-hydrogen) atoms. The van der Waals surface area contributed by atoms with Crippen LogP contribution in [0.5, 0.6) is 0 Å². The third-order valence-corrected chi connectivity index (χ3v) is 4.19. The van der Waals surface area contributed by atoms with Crippen LogP contribution in [0.3, 0.4) is 0 Å². The van der Waals surface area contributed by atoms with E-state index in [1.54, 1.807) is 0 Å². The Morgan fingerprint density at radius 3 is 2.58 bits per heavy atom. The predicted molar refractivity (Wildman–Crippen MR) is 96.5 cm³/mol. The molecule has 0 bridgehead atoms. The summed E-state index contributed by atoms with van der Waals surface area (Å²) in [6, 6.07) is 7.25. The molecule has 2 rings (SSSR count). The molecule has 7 nitrogen and oxygen atoms in total. The van der Waals surface area contributed by atoms with Gasteiger partial charge >= 0.3 is 5.97 Å². The quantitative estimate of drug-likeness (QED) is 0.718. The highest BCUT2D eigenvalue weighted by Crippen LogP contribution is 2.15. The number of aromatic nitrogens is 2. The molecular formula is C17H18FN3O4S. The Hall–Kier alpha value is -2.68. The average Bonchev–Trinajstić information content (AvgIpc) is 2.61. The van der Waals surface area contributed by atoms with E-state index in [0.717, 1.165) is 4.68 Å². The monoisotopic (exact) mass is 379 g/mol. The summed E-state index contributed by atoms with van der Waals surface area (Å²) in [5.74, 6) is -1.57. The van der Waals surface area contributed by atoms with Crippen LogP contribution in [-0.2, 0) is 16.1 Å². The van der Waals surface area contributed by atoms with Crippen LogP contribution in [0.1, 0.15) is 6.42 Å². The summed E-state index contributed by atoms with van der Waals surface area (Å²) in [6.07, 6.45) is 2.12.